The van der Waals surface area contributed by atoms with Gasteiger partial charge in [0.25, 0.3) is 0 Å². The lowest BCUT2D eigenvalue weighted by Crippen LogP contribution is -2.00. The lowest BCUT2D eigenvalue weighted by atomic mass is 10.5. The maximum Gasteiger partial charge on any atom is 0.172 e. The van der Waals surface area contributed by atoms with Crippen molar-refractivity contribution in [1.29, 1.82) is 0 Å². The van der Waals surface area contributed by atoms with Gasteiger partial charge in [0, 0.05) is 0 Å². The van der Waals surface area contributed by atoms with Crippen LogP contribution in [0, 0.1) is 6.92 Å². The predicted molar refractivity (Wildman–Crippen MR) is 61.6 cm³/mol. The largest absolute Gasteiger partial charge is 0.223 e. The van der Waals surface area contributed by atoms with Crippen LogP contribution in [0.25, 0.3) is 5.82 Å². The minimum absolute atomic E-state index is 0.337. The van der Waals surface area contributed by atoms with Gasteiger partial charge in [-0.15, -0.1) is 0 Å². The van der Waals surface area contributed by atoms with Gasteiger partial charge in [-0.2, -0.15) is 5.10 Å². The molecule has 0 atom stereocenters. The first-order valence-corrected chi connectivity index (χ1v) is 5.52. The smallest absolute Gasteiger partial charge is 0.172 e. The topological polar surface area (TPSA) is 43.6 Å². The van der Waals surface area contributed by atoms with E-state index in [0.717, 1.165) is 5.69 Å². The number of rotatable bonds is 1. The Morgan fingerprint density at radius 3 is 2.67 bits per heavy atom. The molecule has 2 heterocycles. The Labute approximate surface area is 104 Å². The normalized spacial score (nSPS) is 10.7. The molecule has 0 aliphatic carbocycles. The second kappa shape index (κ2) is 4.08. The molecule has 0 aliphatic heterocycles. The Bertz CT molecular complexity index is 492. The summed E-state index contributed by atoms with van der Waals surface area (Å²) >= 11 is 15.0. The van der Waals surface area contributed by atoms with Gasteiger partial charge in [0.05, 0.1) is 21.4 Å². The van der Waals surface area contributed by atoms with E-state index in [1.165, 1.54) is 6.33 Å². The molecular formula is C8H5BrCl2N4. The number of nitrogens with zero attached hydrogens (tertiary/aromatic N) is 4. The van der Waals surface area contributed by atoms with Gasteiger partial charge in [-0.05, 0) is 22.9 Å². The highest BCUT2D eigenvalue weighted by Gasteiger charge is 2.11. The first-order chi connectivity index (χ1) is 7.09. The van der Waals surface area contributed by atoms with Crippen LogP contribution in [0.1, 0.15) is 5.69 Å². The van der Waals surface area contributed by atoms with E-state index < -0.39 is 0 Å². The van der Waals surface area contributed by atoms with Crippen LogP contribution < -0.4 is 0 Å². The molecule has 0 bridgehead atoms. The molecule has 2 aromatic rings. The summed E-state index contributed by atoms with van der Waals surface area (Å²) < 4.78 is 2.14. The monoisotopic (exact) mass is 306 g/mol. The van der Waals surface area contributed by atoms with Crippen LogP contribution in [0.5, 0.6) is 0 Å². The Morgan fingerprint density at radius 2 is 2.07 bits per heavy atom. The quantitative estimate of drug-likeness (QED) is 0.761. The summed E-state index contributed by atoms with van der Waals surface area (Å²) in [7, 11) is 0. The van der Waals surface area contributed by atoms with Gasteiger partial charge < -0.3 is 0 Å². The van der Waals surface area contributed by atoms with Crippen LogP contribution in [0.15, 0.2) is 17.0 Å². The highest BCUT2D eigenvalue weighted by molar-refractivity contribution is 9.10. The van der Waals surface area contributed by atoms with Gasteiger partial charge in [-0.25, -0.2) is 14.6 Å². The summed E-state index contributed by atoms with van der Waals surface area (Å²) in [6, 6.07) is 0. The number of hydrogen-bond acceptors (Lipinski definition) is 3. The summed E-state index contributed by atoms with van der Waals surface area (Å²) in [4.78, 5) is 7.89. The third-order valence-electron chi connectivity index (χ3n) is 1.78. The van der Waals surface area contributed by atoms with E-state index >= 15 is 0 Å². The van der Waals surface area contributed by atoms with Crippen molar-refractivity contribution in [2.45, 2.75) is 6.92 Å². The number of aromatic nitrogens is 4. The molecule has 7 heteroatoms. The van der Waals surface area contributed by atoms with E-state index in [4.69, 9.17) is 23.2 Å². The molecule has 2 aromatic heterocycles. The molecule has 0 N–H and O–H groups in total. The van der Waals surface area contributed by atoms with Crippen LogP contribution >= 0.6 is 39.1 Å². The average Bonchev–Trinajstić information content (AvgIpc) is 2.51. The molecule has 0 aromatic carbocycles. The van der Waals surface area contributed by atoms with Crippen LogP contribution in [-0.2, 0) is 0 Å². The van der Waals surface area contributed by atoms with E-state index in [9.17, 15) is 0 Å². The van der Waals surface area contributed by atoms with Crippen LogP contribution in [-0.4, -0.2) is 19.7 Å². The number of hydrogen-bond donors (Lipinski definition) is 0. The van der Waals surface area contributed by atoms with Crippen LogP contribution in [0.2, 0.25) is 10.2 Å². The molecule has 0 aliphatic rings. The van der Waals surface area contributed by atoms with Crippen molar-refractivity contribution in [2.24, 2.45) is 0 Å². The minimum atomic E-state index is 0.337. The Hall–Kier alpha value is -0.650. The Morgan fingerprint density at radius 1 is 1.33 bits per heavy atom. The van der Waals surface area contributed by atoms with E-state index in [1.807, 2.05) is 6.92 Å². The molecule has 78 valence electrons. The van der Waals surface area contributed by atoms with Gasteiger partial charge in [0.15, 0.2) is 5.82 Å². The molecule has 0 amide bonds. The number of aryl methyl sites for hydroxylation is 1. The van der Waals surface area contributed by atoms with E-state index in [0.29, 0.717) is 20.5 Å². The number of halogens is 3. The van der Waals surface area contributed by atoms with Crippen LogP contribution in [0.4, 0.5) is 0 Å². The molecule has 0 saturated heterocycles. The first-order valence-electron chi connectivity index (χ1n) is 3.97. The van der Waals surface area contributed by atoms with E-state index in [-0.39, 0.29) is 0 Å². The zero-order valence-corrected chi connectivity index (χ0v) is 10.7. The summed E-state index contributed by atoms with van der Waals surface area (Å²) in [5, 5.41) is 5.11. The molecule has 0 spiro atoms. The first kappa shape index (κ1) is 10.9. The maximum absolute atomic E-state index is 5.90. The SMILES string of the molecule is Cc1nn(-c2ncnc(Cl)c2Br)cc1Cl. The third-order valence-corrected chi connectivity index (χ3v) is 3.40. The predicted octanol–water partition coefficient (Wildman–Crippen LogP) is 3.04. The maximum atomic E-state index is 5.90. The molecule has 0 fully saturated rings. The van der Waals surface area contributed by atoms with Gasteiger partial charge in [0.1, 0.15) is 11.5 Å². The van der Waals surface area contributed by atoms with Gasteiger partial charge >= 0.3 is 0 Å². The van der Waals surface area contributed by atoms with Crippen molar-refractivity contribution >= 4 is 39.1 Å². The molecule has 0 radical (unpaired) electrons. The summed E-state index contributed by atoms with van der Waals surface area (Å²) in [5.74, 6) is 0.560. The standard InChI is InChI=1S/C8H5BrCl2N4/c1-4-5(10)2-15(14-4)8-6(9)7(11)12-3-13-8/h2-3H,1H3. The molecule has 2 rings (SSSR count). The second-order valence-electron chi connectivity index (χ2n) is 2.81. The van der Waals surface area contributed by atoms with Gasteiger partial charge in [0.2, 0.25) is 0 Å². The molecule has 0 saturated carbocycles. The van der Waals surface area contributed by atoms with Crippen molar-refractivity contribution < 1.29 is 0 Å². The fraction of sp³-hybridized carbons (Fsp3) is 0.125. The molecule has 0 unspecified atom stereocenters. The Balaban J connectivity index is 2.59. The minimum Gasteiger partial charge on any atom is -0.223 e. The summed E-state index contributed by atoms with van der Waals surface area (Å²) in [6.07, 6.45) is 3.04. The fourth-order valence-corrected chi connectivity index (χ4v) is 1.69. The zero-order valence-electron chi connectivity index (χ0n) is 7.58. The lowest BCUT2D eigenvalue weighted by Gasteiger charge is -2.02. The van der Waals surface area contributed by atoms with Crippen molar-refractivity contribution in [3.05, 3.63) is 32.9 Å². The van der Waals surface area contributed by atoms with Crippen molar-refractivity contribution in [2.75, 3.05) is 0 Å². The average molecular weight is 308 g/mol. The Kier molecular flexibility index (Phi) is 2.95. The molecular weight excluding hydrogens is 303 g/mol. The lowest BCUT2D eigenvalue weighted by molar-refractivity contribution is 0.820. The van der Waals surface area contributed by atoms with Gasteiger partial charge in [-0.3, -0.25) is 0 Å². The molecule has 4 nitrogen and oxygen atoms in total. The zero-order chi connectivity index (χ0) is 11.0. The van der Waals surface area contributed by atoms with Crippen molar-refractivity contribution in [1.82, 2.24) is 19.7 Å². The van der Waals surface area contributed by atoms with Crippen LogP contribution in [0.3, 0.4) is 0 Å². The van der Waals surface area contributed by atoms with Gasteiger partial charge in [-0.1, -0.05) is 23.2 Å². The summed E-state index contributed by atoms with van der Waals surface area (Å²) in [6.45, 7) is 1.82. The highest BCUT2D eigenvalue weighted by atomic mass is 79.9. The summed E-state index contributed by atoms with van der Waals surface area (Å²) in [5.41, 5.74) is 0.735. The fourth-order valence-electron chi connectivity index (χ4n) is 1.05. The van der Waals surface area contributed by atoms with Crippen molar-refractivity contribution in [3.8, 4) is 5.82 Å². The van der Waals surface area contributed by atoms with E-state index in [1.54, 1.807) is 10.9 Å². The third kappa shape index (κ3) is 2.00. The second-order valence-corrected chi connectivity index (χ2v) is 4.37. The van der Waals surface area contributed by atoms with E-state index in [2.05, 4.69) is 31.0 Å². The molecule has 15 heavy (non-hydrogen) atoms. The van der Waals surface area contributed by atoms with Crippen molar-refractivity contribution in [3.63, 3.8) is 0 Å². The highest BCUT2D eigenvalue weighted by Crippen LogP contribution is 2.26.